The second kappa shape index (κ2) is 6.89. The van der Waals surface area contributed by atoms with E-state index < -0.39 is 11.6 Å². The number of anilines is 1. The zero-order valence-corrected chi connectivity index (χ0v) is 15.2. The molecule has 0 amide bonds. The number of aromatic nitrogens is 4. The van der Waals surface area contributed by atoms with Gasteiger partial charge in [-0.3, -0.25) is 0 Å². The van der Waals surface area contributed by atoms with Gasteiger partial charge in [-0.05, 0) is 60.4 Å². The van der Waals surface area contributed by atoms with Crippen LogP contribution in [-0.4, -0.2) is 33.0 Å². The van der Waals surface area contributed by atoms with Crippen LogP contribution in [0.5, 0.6) is 0 Å². The lowest BCUT2D eigenvalue weighted by atomic mass is 10.0. The topological polar surface area (TPSA) is 54.8 Å². The van der Waals surface area contributed by atoms with Gasteiger partial charge in [0.1, 0.15) is 0 Å². The number of hydrogen-bond donors (Lipinski definition) is 0. The first-order chi connectivity index (χ1) is 13.7. The third kappa shape index (κ3) is 3.10. The summed E-state index contributed by atoms with van der Waals surface area (Å²) in [6.07, 6.45) is 9.79. The normalized spacial score (nSPS) is 21.1. The molecule has 142 valence electrons. The Balaban J connectivity index is 1.37. The SMILES string of the molecule is Fc1cc([C@H]2C[C@H]2c2cnc(-c3ncccn3)nc2)cc(N2CCCC2)c1F. The summed E-state index contributed by atoms with van der Waals surface area (Å²) in [5.74, 6) is -0.153. The van der Waals surface area contributed by atoms with E-state index in [1.165, 1.54) is 6.07 Å². The van der Waals surface area contributed by atoms with E-state index in [4.69, 9.17) is 0 Å². The minimum Gasteiger partial charge on any atom is -0.369 e. The molecule has 2 aliphatic rings. The number of hydrogen-bond acceptors (Lipinski definition) is 5. The van der Waals surface area contributed by atoms with E-state index in [9.17, 15) is 8.78 Å². The summed E-state index contributed by atoms with van der Waals surface area (Å²) in [7, 11) is 0. The Labute approximate surface area is 161 Å². The van der Waals surface area contributed by atoms with Crippen LogP contribution in [0.25, 0.3) is 11.6 Å². The number of halogens is 2. The minimum atomic E-state index is -0.766. The molecule has 28 heavy (non-hydrogen) atoms. The summed E-state index contributed by atoms with van der Waals surface area (Å²) in [6.45, 7) is 1.57. The van der Waals surface area contributed by atoms with Crippen molar-refractivity contribution in [3.8, 4) is 11.6 Å². The zero-order valence-electron chi connectivity index (χ0n) is 15.2. The van der Waals surface area contributed by atoms with Gasteiger partial charge in [-0.15, -0.1) is 0 Å². The molecule has 0 N–H and O–H groups in total. The van der Waals surface area contributed by atoms with Crippen molar-refractivity contribution in [2.24, 2.45) is 0 Å². The van der Waals surface area contributed by atoms with Gasteiger partial charge in [-0.1, -0.05) is 0 Å². The fourth-order valence-corrected chi connectivity index (χ4v) is 3.99. The first-order valence-corrected chi connectivity index (χ1v) is 9.54. The molecule has 2 aromatic heterocycles. The van der Waals surface area contributed by atoms with Gasteiger partial charge in [0.15, 0.2) is 23.3 Å². The van der Waals surface area contributed by atoms with Crippen molar-refractivity contribution in [2.75, 3.05) is 18.0 Å². The highest BCUT2D eigenvalue weighted by atomic mass is 19.2. The molecule has 2 fully saturated rings. The smallest absolute Gasteiger partial charge is 0.197 e. The first-order valence-electron chi connectivity index (χ1n) is 9.54. The quantitative estimate of drug-likeness (QED) is 0.684. The van der Waals surface area contributed by atoms with Gasteiger partial charge in [0.25, 0.3) is 0 Å². The molecule has 1 saturated carbocycles. The summed E-state index contributed by atoms with van der Waals surface area (Å²) in [4.78, 5) is 19.0. The fraction of sp³-hybridized carbons (Fsp3) is 0.333. The summed E-state index contributed by atoms with van der Waals surface area (Å²) in [5.41, 5.74) is 2.24. The standard InChI is InChI=1S/C21H19F2N5/c22-17-8-13(9-18(19(17)23)28-6-1-2-7-28)15-10-16(15)14-11-26-21(27-12-14)20-24-4-3-5-25-20/h3-5,8-9,11-12,15-16H,1-2,6-7,10H2/t15-,16+/m1/s1. The molecule has 1 aliphatic heterocycles. The van der Waals surface area contributed by atoms with Crippen LogP contribution < -0.4 is 4.90 Å². The van der Waals surface area contributed by atoms with Gasteiger partial charge in [0.05, 0.1) is 5.69 Å². The highest BCUT2D eigenvalue weighted by molar-refractivity contribution is 5.53. The summed E-state index contributed by atoms with van der Waals surface area (Å²) in [5, 5.41) is 0. The molecular weight excluding hydrogens is 360 g/mol. The Morgan fingerprint density at radius 1 is 0.821 bits per heavy atom. The van der Waals surface area contributed by atoms with Crippen LogP contribution in [0.2, 0.25) is 0 Å². The lowest BCUT2D eigenvalue weighted by molar-refractivity contribution is 0.506. The molecule has 0 spiro atoms. The second-order valence-corrected chi connectivity index (χ2v) is 7.39. The monoisotopic (exact) mass is 379 g/mol. The Morgan fingerprint density at radius 3 is 2.18 bits per heavy atom. The van der Waals surface area contributed by atoms with Crippen LogP contribution in [0, 0.1) is 11.6 Å². The largest absolute Gasteiger partial charge is 0.369 e. The zero-order chi connectivity index (χ0) is 19.1. The third-order valence-electron chi connectivity index (χ3n) is 5.56. The number of rotatable bonds is 4. The fourth-order valence-electron chi connectivity index (χ4n) is 3.99. The molecular formula is C21H19F2N5. The van der Waals surface area contributed by atoms with Crippen LogP contribution >= 0.6 is 0 Å². The predicted octanol–water partition coefficient (Wildman–Crippen LogP) is 4.08. The maximum absolute atomic E-state index is 14.3. The molecule has 5 rings (SSSR count). The molecule has 1 saturated heterocycles. The molecule has 2 atom stereocenters. The maximum atomic E-state index is 14.3. The van der Waals surface area contributed by atoms with Crippen LogP contribution in [0.1, 0.15) is 42.2 Å². The highest BCUT2D eigenvalue weighted by Crippen LogP contribution is 2.55. The van der Waals surface area contributed by atoms with Crippen molar-refractivity contribution in [3.05, 3.63) is 65.7 Å². The molecule has 5 nitrogen and oxygen atoms in total. The lowest BCUT2D eigenvalue weighted by Crippen LogP contribution is -2.19. The van der Waals surface area contributed by atoms with Crippen molar-refractivity contribution >= 4 is 5.69 Å². The first kappa shape index (κ1) is 17.2. The van der Waals surface area contributed by atoms with E-state index in [0.29, 0.717) is 17.3 Å². The van der Waals surface area contributed by atoms with E-state index in [2.05, 4.69) is 19.9 Å². The van der Waals surface area contributed by atoms with Crippen molar-refractivity contribution in [1.29, 1.82) is 0 Å². The van der Waals surface area contributed by atoms with Gasteiger partial charge < -0.3 is 4.90 Å². The molecule has 1 aliphatic carbocycles. The Morgan fingerprint density at radius 2 is 1.46 bits per heavy atom. The van der Waals surface area contributed by atoms with Crippen molar-refractivity contribution < 1.29 is 8.78 Å². The second-order valence-electron chi connectivity index (χ2n) is 7.39. The van der Waals surface area contributed by atoms with Gasteiger partial charge in [0.2, 0.25) is 0 Å². The Hall–Kier alpha value is -2.96. The highest BCUT2D eigenvalue weighted by Gasteiger charge is 2.41. The number of benzene rings is 1. The van der Waals surface area contributed by atoms with Crippen LogP contribution in [0.4, 0.5) is 14.5 Å². The van der Waals surface area contributed by atoms with Crippen LogP contribution in [-0.2, 0) is 0 Å². The van der Waals surface area contributed by atoms with Gasteiger partial charge in [-0.2, -0.15) is 0 Å². The molecule has 0 bridgehead atoms. The molecule has 0 unspecified atom stereocenters. The van der Waals surface area contributed by atoms with Crippen LogP contribution in [0.15, 0.2) is 43.0 Å². The van der Waals surface area contributed by atoms with E-state index in [0.717, 1.165) is 43.5 Å². The number of nitrogens with zero attached hydrogens (tertiary/aromatic N) is 5. The van der Waals surface area contributed by atoms with E-state index in [1.54, 1.807) is 30.9 Å². The van der Waals surface area contributed by atoms with Crippen molar-refractivity contribution in [1.82, 2.24) is 19.9 Å². The molecule has 3 aromatic rings. The van der Waals surface area contributed by atoms with E-state index in [-0.39, 0.29) is 11.8 Å². The van der Waals surface area contributed by atoms with Crippen molar-refractivity contribution in [2.45, 2.75) is 31.1 Å². The minimum absolute atomic E-state index is 0.166. The molecule has 1 aromatic carbocycles. The van der Waals surface area contributed by atoms with Gasteiger partial charge >= 0.3 is 0 Å². The maximum Gasteiger partial charge on any atom is 0.197 e. The lowest BCUT2D eigenvalue weighted by Gasteiger charge is -2.19. The van der Waals surface area contributed by atoms with Crippen LogP contribution in [0.3, 0.4) is 0 Å². The average Bonchev–Trinajstić information content (AvgIpc) is 3.35. The van der Waals surface area contributed by atoms with Gasteiger partial charge in [-0.25, -0.2) is 28.7 Å². The summed E-state index contributed by atoms with van der Waals surface area (Å²) < 4.78 is 28.5. The summed E-state index contributed by atoms with van der Waals surface area (Å²) in [6, 6.07) is 4.90. The van der Waals surface area contributed by atoms with E-state index in [1.807, 2.05) is 11.0 Å². The molecule has 7 heteroatoms. The predicted molar refractivity (Wildman–Crippen MR) is 101 cm³/mol. The Bertz CT molecular complexity index is 988. The molecule has 0 radical (unpaired) electrons. The molecule has 3 heterocycles. The third-order valence-corrected chi connectivity index (χ3v) is 5.56. The van der Waals surface area contributed by atoms with Crippen molar-refractivity contribution in [3.63, 3.8) is 0 Å². The average molecular weight is 379 g/mol. The Kier molecular flexibility index (Phi) is 4.22. The summed E-state index contributed by atoms with van der Waals surface area (Å²) >= 11 is 0. The van der Waals surface area contributed by atoms with E-state index >= 15 is 0 Å². The van der Waals surface area contributed by atoms with Gasteiger partial charge in [0, 0.05) is 37.9 Å².